The molecule has 0 saturated carbocycles. The smallest absolute Gasteiger partial charge is 0.332 e. The summed E-state index contributed by atoms with van der Waals surface area (Å²) in [6, 6.07) is 0. The van der Waals surface area contributed by atoms with Crippen molar-refractivity contribution in [2.24, 2.45) is 19.1 Å². The van der Waals surface area contributed by atoms with Crippen molar-refractivity contribution in [3.63, 3.8) is 0 Å². The fourth-order valence-corrected chi connectivity index (χ4v) is 2.28. The van der Waals surface area contributed by atoms with Crippen LogP contribution < -0.4 is 21.9 Å². The van der Waals surface area contributed by atoms with Crippen molar-refractivity contribution in [3.05, 3.63) is 32.3 Å². The van der Waals surface area contributed by atoms with Crippen LogP contribution in [0.25, 0.3) is 0 Å². The van der Waals surface area contributed by atoms with E-state index in [0.29, 0.717) is 17.1 Å². The number of rotatable bonds is 5. The maximum Gasteiger partial charge on any atom is 0.332 e. The van der Waals surface area contributed by atoms with Gasteiger partial charge in [0.05, 0.1) is 6.54 Å². The van der Waals surface area contributed by atoms with E-state index in [0.717, 1.165) is 4.57 Å². The van der Waals surface area contributed by atoms with Gasteiger partial charge in [0.25, 0.3) is 5.56 Å². The lowest BCUT2D eigenvalue weighted by molar-refractivity contribution is -0.114. The molecule has 2 aromatic rings. The van der Waals surface area contributed by atoms with Gasteiger partial charge in [-0.1, -0.05) is 5.16 Å². The minimum Gasteiger partial charge on any atom is -0.369 e. The topological polar surface area (TPSA) is 124 Å². The predicted octanol–water partition coefficient (Wildman–Crippen LogP) is 0.462. The van der Waals surface area contributed by atoms with Crippen LogP contribution in [0.5, 0.6) is 0 Å². The quantitative estimate of drug-likeness (QED) is 0.757. The van der Waals surface area contributed by atoms with Gasteiger partial charge in [0.1, 0.15) is 17.1 Å². The van der Waals surface area contributed by atoms with Crippen LogP contribution in [0.15, 0.2) is 19.1 Å². The molecule has 0 atom stereocenters. The van der Waals surface area contributed by atoms with Gasteiger partial charge < -0.3 is 15.2 Å². The Balaban J connectivity index is 2.27. The Kier molecular flexibility index (Phi) is 5.20. The predicted molar refractivity (Wildman–Crippen MR) is 93.8 cm³/mol. The number of aliphatic imine (C=N–C) groups is 1. The normalized spacial score (nSPS) is 11.1. The first-order chi connectivity index (χ1) is 11.8. The van der Waals surface area contributed by atoms with E-state index >= 15 is 0 Å². The van der Waals surface area contributed by atoms with E-state index in [1.165, 1.54) is 24.9 Å². The van der Waals surface area contributed by atoms with Gasteiger partial charge in [0.2, 0.25) is 5.91 Å². The lowest BCUT2D eigenvalue weighted by atomic mass is 10.3. The van der Waals surface area contributed by atoms with Crippen LogP contribution in [0.2, 0.25) is 0 Å². The van der Waals surface area contributed by atoms with Crippen LogP contribution in [-0.2, 0) is 18.9 Å². The number of anilines is 2. The summed E-state index contributed by atoms with van der Waals surface area (Å²) in [6.07, 6.45) is 1.46. The van der Waals surface area contributed by atoms with Crippen LogP contribution in [0.4, 0.5) is 17.2 Å². The molecule has 2 aromatic heterocycles. The zero-order chi connectivity index (χ0) is 18.7. The van der Waals surface area contributed by atoms with Crippen LogP contribution in [0, 0.1) is 13.8 Å². The molecule has 2 N–H and O–H groups in total. The van der Waals surface area contributed by atoms with E-state index in [-0.39, 0.29) is 18.1 Å². The van der Waals surface area contributed by atoms with Crippen LogP contribution in [0.1, 0.15) is 18.4 Å². The zero-order valence-corrected chi connectivity index (χ0v) is 14.7. The van der Waals surface area contributed by atoms with Crippen LogP contribution in [-0.4, -0.2) is 33.0 Å². The summed E-state index contributed by atoms with van der Waals surface area (Å²) in [4.78, 5) is 40.5. The maximum absolute atomic E-state index is 12.3. The molecule has 0 aliphatic carbocycles. The van der Waals surface area contributed by atoms with Crippen molar-refractivity contribution >= 4 is 29.3 Å². The van der Waals surface area contributed by atoms with Gasteiger partial charge in [-0.3, -0.25) is 18.7 Å². The molecule has 0 fully saturated rings. The van der Waals surface area contributed by atoms with E-state index in [2.05, 4.69) is 20.8 Å². The fraction of sp³-hybridized carbons (Fsp3) is 0.400. The summed E-state index contributed by atoms with van der Waals surface area (Å²) in [6.45, 7) is 4.86. The van der Waals surface area contributed by atoms with E-state index < -0.39 is 17.2 Å². The molecule has 134 valence electrons. The highest BCUT2D eigenvalue weighted by atomic mass is 16.5. The second-order valence-electron chi connectivity index (χ2n) is 5.39. The first-order valence-electron chi connectivity index (χ1n) is 7.53. The molecule has 0 saturated heterocycles. The van der Waals surface area contributed by atoms with Crippen LogP contribution >= 0.6 is 0 Å². The SMILES string of the molecule is C/C=N\c1c(NCC(=O)Nc2c(C)noc2C)c(=O)n(C)c(=O)n1C. The molecule has 0 aliphatic heterocycles. The number of hydrogen-bond donors (Lipinski definition) is 2. The molecule has 25 heavy (non-hydrogen) atoms. The molecule has 0 aromatic carbocycles. The van der Waals surface area contributed by atoms with E-state index in [9.17, 15) is 14.4 Å². The standard InChI is InChI=1S/C15H20N6O4/c1-6-16-13-12(14(23)21(5)15(24)20(13)4)17-7-10(22)18-11-8(2)19-25-9(11)3/h6,17H,7H2,1-5H3,(H,18,22)/b16-6-. The number of nitrogens with one attached hydrogen (secondary N) is 2. The van der Waals surface area contributed by atoms with Gasteiger partial charge in [-0.2, -0.15) is 0 Å². The van der Waals surface area contributed by atoms with E-state index in [1.807, 2.05) is 0 Å². The number of carbonyl (C=O) groups is 1. The minimum absolute atomic E-state index is 0.0663. The minimum atomic E-state index is -0.561. The molecule has 0 bridgehead atoms. The monoisotopic (exact) mass is 348 g/mol. The Bertz CT molecular complexity index is 931. The summed E-state index contributed by atoms with van der Waals surface area (Å²) >= 11 is 0. The van der Waals surface area contributed by atoms with Gasteiger partial charge in [0.15, 0.2) is 11.6 Å². The number of aryl methyl sites for hydroxylation is 2. The number of hydrogen-bond acceptors (Lipinski definition) is 7. The molecule has 10 nitrogen and oxygen atoms in total. The lowest BCUT2D eigenvalue weighted by Gasteiger charge is -2.13. The van der Waals surface area contributed by atoms with Crippen molar-refractivity contribution in [1.29, 1.82) is 0 Å². The van der Waals surface area contributed by atoms with Crippen molar-refractivity contribution < 1.29 is 9.32 Å². The Hall–Kier alpha value is -3.17. The summed E-state index contributed by atoms with van der Waals surface area (Å²) in [7, 11) is 2.86. The largest absolute Gasteiger partial charge is 0.369 e. The number of nitrogens with zero attached hydrogens (tertiary/aromatic N) is 4. The van der Waals surface area contributed by atoms with Crippen molar-refractivity contribution in [1.82, 2.24) is 14.3 Å². The third-order valence-corrected chi connectivity index (χ3v) is 3.61. The molecule has 1 amide bonds. The zero-order valence-electron chi connectivity index (χ0n) is 14.7. The fourth-order valence-electron chi connectivity index (χ4n) is 2.28. The van der Waals surface area contributed by atoms with Gasteiger partial charge in [0, 0.05) is 20.3 Å². The van der Waals surface area contributed by atoms with Gasteiger partial charge >= 0.3 is 5.69 Å². The van der Waals surface area contributed by atoms with Crippen LogP contribution in [0.3, 0.4) is 0 Å². The molecule has 0 unspecified atom stereocenters. The summed E-state index contributed by atoms with van der Waals surface area (Å²) in [5.74, 6) is 0.248. The molecule has 2 rings (SSSR count). The molecule has 0 spiro atoms. The second-order valence-corrected chi connectivity index (χ2v) is 5.39. The molecule has 0 aliphatic rings. The Morgan fingerprint density at radius 2 is 1.92 bits per heavy atom. The number of amides is 1. The van der Waals surface area contributed by atoms with Crippen molar-refractivity contribution in [2.75, 3.05) is 17.2 Å². The highest BCUT2D eigenvalue weighted by Gasteiger charge is 2.17. The first kappa shape index (κ1) is 18.2. The van der Waals surface area contributed by atoms with Gasteiger partial charge in [-0.05, 0) is 20.8 Å². The van der Waals surface area contributed by atoms with Crippen molar-refractivity contribution in [2.45, 2.75) is 20.8 Å². The highest BCUT2D eigenvalue weighted by molar-refractivity contribution is 5.94. The number of aromatic nitrogens is 3. The summed E-state index contributed by atoms with van der Waals surface area (Å²) in [5.41, 5.74) is 0.0499. The average molecular weight is 348 g/mol. The van der Waals surface area contributed by atoms with E-state index in [1.54, 1.807) is 20.8 Å². The second kappa shape index (κ2) is 7.16. The third kappa shape index (κ3) is 3.52. The Labute approximate surface area is 143 Å². The Morgan fingerprint density at radius 1 is 1.24 bits per heavy atom. The molecule has 10 heteroatoms. The van der Waals surface area contributed by atoms with Gasteiger partial charge in [-0.15, -0.1) is 0 Å². The first-order valence-corrected chi connectivity index (χ1v) is 7.53. The molecule has 2 heterocycles. The summed E-state index contributed by atoms with van der Waals surface area (Å²) < 4.78 is 7.16. The number of carbonyl (C=O) groups excluding carboxylic acids is 1. The van der Waals surface area contributed by atoms with E-state index in [4.69, 9.17) is 4.52 Å². The third-order valence-electron chi connectivity index (χ3n) is 3.61. The molecule has 0 radical (unpaired) electrons. The average Bonchev–Trinajstić information content (AvgIpc) is 2.89. The summed E-state index contributed by atoms with van der Waals surface area (Å²) in [5, 5.41) is 9.18. The van der Waals surface area contributed by atoms with Gasteiger partial charge in [-0.25, -0.2) is 9.79 Å². The lowest BCUT2D eigenvalue weighted by Crippen LogP contribution is -2.39. The molecular formula is C15H20N6O4. The van der Waals surface area contributed by atoms with Crippen molar-refractivity contribution in [3.8, 4) is 0 Å². The maximum atomic E-state index is 12.3. The highest BCUT2D eigenvalue weighted by Crippen LogP contribution is 2.19. The molecular weight excluding hydrogens is 328 g/mol. The Morgan fingerprint density at radius 3 is 2.48 bits per heavy atom.